The summed E-state index contributed by atoms with van der Waals surface area (Å²) in [6.45, 7) is 4.57. The van der Waals surface area contributed by atoms with Crippen LogP contribution in [0, 0.1) is 0 Å². The number of hydrogen-bond donors (Lipinski definition) is 0. The van der Waals surface area contributed by atoms with Crippen LogP contribution in [0.2, 0.25) is 0 Å². The van der Waals surface area contributed by atoms with E-state index in [-0.39, 0.29) is 24.3 Å². The molecule has 1 aliphatic rings. The molecule has 11 heteroatoms. The summed E-state index contributed by atoms with van der Waals surface area (Å²) in [5, 5.41) is 0. The fraction of sp³-hybridized carbons (Fsp3) is 0.345. The molecule has 2 heterocycles. The second-order valence-electron chi connectivity index (χ2n) is 8.83. The third-order valence-electron chi connectivity index (χ3n) is 6.23. The number of hydrogen-bond acceptors (Lipinski definition) is 9. The molecule has 4 rings (SSSR count). The zero-order chi connectivity index (χ0) is 28.8. The number of methoxy groups -OCH3 is 3. The number of nitrogens with zero attached hydrogens (tertiary/aromatic N) is 2. The Morgan fingerprint density at radius 2 is 1.82 bits per heavy atom. The van der Waals surface area contributed by atoms with Crippen LogP contribution in [0.15, 0.2) is 61.9 Å². The number of para-hydroxylation sites is 1. The second-order valence-corrected chi connectivity index (χ2v) is 10.7. The maximum absolute atomic E-state index is 14.0. The number of halogens is 1. The molecule has 0 bridgehead atoms. The average Bonchev–Trinajstić information content (AvgIpc) is 3.25. The van der Waals surface area contributed by atoms with Crippen LogP contribution < -0.4 is 29.1 Å². The van der Waals surface area contributed by atoms with E-state index < -0.39 is 12.0 Å². The predicted octanol–water partition coefficient (Wildman–Crippen LogP) is 3.99. The number of aromatic nitrogens is 1. The van der Waals surface area contributed by atoms with Crippen LogP contribution in [-0.4, -0.2) is 51.7 Å². The van der Waals surface area contributed by atoms with E-state index in [4.69, 9.17) is 23.7 Å². The minimum atomic E-state index is -0.800. The van der Waals surface area contributed by atoms with Crippen LogP contribution >= 0.6 is 27.3 Å². The Bertz CT molecular complexity index is 1610. The number of ether oxygens (including phenoxy) is 5. The smallest absolute Gasteiger partial charge is 0.338 e. The van der Waals surface area contributed by atoms with E-state index in [1.807, 2.05) is 37.3 Å². The zero-order valence-electron chi connectivity index (χ0n) is 23.0. The Balaban J connectivity index is 1.94. The highest BCUT2D eigenvalue weighted by Gasteiger charge is 2.35. The zero-order valence-corrected chi connectivity index (χ0v) is 25.4. The maximum Gasteiger partial charge on any atom is 0.338 e. The molecule has 0 saturated carbocycles. The number of rotatable bonds is 11. The van der Waals surface area contributed by atoms with Gasteiger partial charge in [0.15, 0.2) is 4.80 Å². The molecule has 0 saturated heterocycles. The van der Waals surface area contributed by atoms with E-state index in [0.29, 0.717) is 54.5 Å². The normalized spacial score (nSPS) is 14.9. The molecule has 212 valence electrons. The van der Waals surface area contributed by atoms with E-state index in [0.717, 1.165) is 6.42 Å². The molecule has 0 fully saturated rings. The van der Waals surface area contributed by atoms with Crippen molar-refractivity contribution in [2.75, 3.05) is 41.2 Å². The van der Waals surface area contributed by atoms with Crippen molar-refractivity contribution in [3.8, 4) is 17.2 Å². The van der Waals surface area contributed by atoms with Gasteiger partial charge in [-0.1, -0.05) is 36.5 Å². The molecule has 0 unspecified atom stereocenters. The SMILES string of the molecule is CCCOc1ccccc1[C@H]1C(C(=O)OCCOC)=C(C)N=c2s/c(=C/c3cc(Br)c(OC)cc3OC)c(=O)n21. The third kappa shape index (κ3) is 6.01. The molecule has 9 nitrogen and oxygen atoms in total. The lowest BCUT2D eigenvalue weighted by atomic mass is 9.95. The van der Waals surface area contributed by atoms with Crippen LogP contribution in [0.5, 0.6) is 17.2 Å². The van der Waals surface area contributed by atoms with Crippen LogP contribution in [0.25, 0.3) is 6.08 Å². The largest absolute Gasteiger partial charge is 0.496 e. The molecule has 0 radical (unpaired) electrons. The summed E-state index contributed by atoms with van der Waals surface area (Å²) >= 11 is 4.74. The van der Waals surface area contributed by atoms with Gasteiger partial charge in [-0.2, -0.15) is 0 Å². The number of allylic oxidation sites excluding steroid dienone is 1. The summed E-state index contributed by atoms with van der Waals surface area (Å²) < 4.78 is 30.2. The Morgan fingerprint density at radius 1 is 1.07 bits per heavy atom. The molecule has 0 spiro atoms. The molecule has 0 aliphatic carbocycles. The van der Waals surface area contributed by atoms with Crippen LogP contribution in [-0.2, 0) is 14.3 Å². The van der Waals surface area contributed by atoms with E-state index in [9.17, 15) is 9.59 Å². The van der Waals surface area contributed by atoms with Crippen molar-refractivity contribution < 1.29 is 28.5 Å². The fourth-order valence-electron chi connectivity index (χ4n) is 4.36. The molecule has 40 heavy (non-hydrogen) atoms. The van der Waals surface area contributed by atoms with Crippen molar-refractivity contribution in [1.29, 1.82) is 0 Å². The van der Waals surface area contributed by atoms with Crippen molar-refractivity contribution in [1.82, 2.24) is 4.57 Å². The first-order valence-electron chi connectivity index (χ1n) is 12.7. The number of carbonyl (C=O) groups excluding carboxylic acids is 1. The highest BCUT2D eigenvalue weighted by molar-refractivity contribution is 9.10. The molecular weight excluding hydrogens is 600 g/mol. The van der Waals surface area contributed by atoms with Gasteiger partial charge in [0, 0.05) is 24.3 Å². The lowest BCUT2D eigenvalue weighted by molar-refractivity contribution is -0.140. The van der Waals surface area contributed by atoms with E-state index >= 15 is 0 Å². The monoisotopic (exact) mass is 630 g/mol. The van der Waals surface area contributed by atoms with Crippen LogP contribution in [0.4, 0.5) is 0 Å². The number of fused-ring (bicyclic) bond motifs is 1. The summed E-state index contributed by atoms with van der Waals surface area (Å²) in [4.78, 5) is 32.6. The van der Waals surface area contributed by atoms with E-state index in [1.54, 1.807) is 33.3 Å². The quantitative estimate of drug-likeness (QED) is 0.233. The number of carbonyl (C=O) groups is 1. The fourth-order valence-corrected chi connectivity index (χ4v) is 5.92. The van der Waals surface area contributed by atoms with E-state index in [2.05, 4.69) is 20.9 Å². The maximum atomic E-state index is 14.0. The highest BCUT2D eigenvalue weighted by atomic mass is 79.9. The van der Waals surface area contributed by atoms with Crippen LogP contribution in [0.1, 0.15) is 37.4 Å². The molecule has 1 atom stereocenters. The molecule has 0 N–H and O–H groups in total. The molecule has 1 aliphatic heterocycles. The minimum Gasteiger partial charge on any atom is -0.496 e. The van der Waals surface area contributed by atoms with Crippen molar-refractivity contribution in [2.24, 2.45) is 4.99 Å². The van der Waals surface area contributed by atoms with Gasteiger partial charge in [-0.25, -0.2) is 9.79 Å². The number of esters is 1. The van der Waals surface area contributed by atoms with Gasteiger partial charge in [0.05, 0.1) is 47.7 Å². The first-order chi connectivity index (χ1) is 19.3. The van der Waals surface area contributed by atoms with Crippen LogP contribution in [0.3, 0.4) is 0 Å². The lowest BCUT2D eigenvalue weighted by Gasteiger charge is -2.26. The Morgan fingerprint density at radius 3 is 2.52 bits per heavy atom. The van der Waals surface area contributed by atoms with Crippen molar-refractivity contribution in [2.45, 2.75) is 26.3 Å². The van der Waals surface area contributed by atoms with Crippen molar-refractivity contribution in [3.05, 3.63) is 83.0 Å². The first kappa shape index (κ1) is 29.6. The Kier molecular flexibility index (Phi) is 9.83. The van der Waals surface area contributed by atoms with Gasteiger partial charge >= 0.3 is 5.97 Å². The molecule has 1 aromatic heterocycles. The predicted molar refractivity (Wildman–Crippen MR) is 156 cm³/mol. The van der Waals surface area contributed by atoms with Gasteiger partial charge in [-0.3, -0.25) is 9.36 Å². The van der Waals surface area contributed by atoms with Gasteiger partial charge in [0.1, 0.15) is 29.9 Å². The lowest BCUT2D eigenvalue weighted by Crippen LogP contribution is -2.40. The number of benzene rings is 2. The van der Waals surface area contributed by atoms with Gasteiger partial charge < -0.3 is 23.7 Å². The average molecular weight is 632 g/mol. The summed E-state index contributed by atoms with van der Waals surface area (Å²) in [5.74, 6) is 1.16. The molecule has 0 amide bonds. The van der Waals surface area contributed by atoms with Crippen molar-refractivity contribution >= 4 is 39.3 Å². The topological polar surface area (TPSA) is 97.6 Å². The first-order valence-corrected chi connectivity index (χ1v) is 14.3. The second kappa shape index (κ2) is 13.3. The van der Waals surface area contributed by atoms with Gasteiger partial charge in [0.25, 0.3) is 5.56 Å². The standard InChI is InChI=1S/C29H31BrN2O7S/c1-6-11-38-21-10-8-7-9-19(21)26-25(28(34)39-13-12-35-3)17(2)31-29-32(26)27(33)24(40-29)15-18-14-20(30)23(37-5)16-22(18)36-4/h7-10,14-16,26H,6,11-13H2,1-5H3/b24-15+/t26-/m0/s1. The minimum absolute atomic E-state index is 0.0728. The van der Waals surface area contributed by atoms with Gasteiger partial charge in [-0.15, -0.1) is 0 Å². The van der Waals surface area contributed by atoms with Gasteiger partial charge in [0.2, 0.25) is 0 Å². The molecular formula is C29H31BrN2O7S. The molecule has 3 aromatic rings. The number of thiazole rings is 1. The third-order valence-corrected chi connectivity index (χ3v) is 7.83. The summed E-state index contributed by atoms with van der Waals surface area (Å²) in [7, 11) is 4.66. The van der Waals surface area contributed by atoms with Crippen molar-refractivity contribution in [3.63, 3.8) is 0 Å². The summed E-state index contributed by atoms with van der Waals surface area (Å²) in [6, 6.07) is 10.2. The molecule has 2 aromatic carbocycles. The Labute approximate surface area is 244 Å². The van der Waals surface area contributed by atoms with Gasteiger partial charge in [-0.05, 0) is 47.5 Å². The Hall–Kier alpha value is -3.41. The summed E-state index contributed by atoms with van der Waals surface area (Å²) in [5.41, 5.74) is 1.78. The summed E-state index contributed by atoms with van der Waals surface area (Å²) in [6.07, 6.45) is 2.55. The highest BCUT2D eigenvalue weighted by Crippen LogP contribution is 2.36. The van der Waals surface area contributed by atoms with E-state index in [1.165, 1.54) is 23.0 Å².